The van der Waals surface area contributed by atoms with Crippen molar-refractivity contribution in [1.82, 2.24) is 10.1 Å². The zero-order valence-corrected chi connectivity index (χ0v) is 10.8. The van der Waals surface area contributed by atoms with Gasteiger partial charge in [0.05, 0.1) is 5.41 Å². The first kappa shape index (κ1) is 12.5. The fraction of sp³-hybridized carbons (Fsp3) is 0.833. The molecule has 1 saturated carbocycles. The van der Waals surface area contributed by atoms with Crippen molar-refractivity contribution in [3.8, 4) is 0 Å². The summed E-state index contributed by atoms with van der Waals surface area (Å²) in [5.41, 5.74) is 5.28. The van der Waals surface area contributed by atoms with Crippen LogP contribution in [0.3, 0.4) is 0 Å². The second kappa shape index (κ2) is 4.38. The van der Waals surface area contributed by atoms with Crippen molar-refractivity contribution < 1.29 is 9.26 Å². The van der Waals surface area contributed by atoms with Gasteiger partial charge in [-0.2, -0.15) is 4.98 Å². The quantitative estimate of drug-likeness (QED) is 0.846. The Kier molecular flexibility index (Phi) is 3.23. The zero-order valence-electron chi connectivity index (χ0n) is 10.8. The van der Waals surface area contributed by atoms with E-state index >= 15 is 0 Å². The molecule has 0 radical (unpaired) electrons. The molecule has 2 rings (SSSR count). The van der Waals surface area contributed by atoms with Crippen LogP contribution >= 0.6 is 0 Å². The Morgan fingerprint density at radius 3 is 2.65 bits per heavy atom. The van der Waals surface area contributed by atoms with Crippen molar-refractivity contribution in [2.24, 2.45) is 5.73 Å². The molecule has 1 fully saturated rings. The van der Waals surface area contributed by atoms with Gasteiger partial charge in [-0.1, -0.05) is 18.5 Å². The molecule has 96 valence electrons. The van der Waals surface area contributed by atoms with E-state index in [4.69, 9.17) is 15.0 Å². The van der Waals surface area contributed by atoms with E-state index in [2.05, 4.69) is 10.1 Å². The minimum Gasteiger partial charge on any atom is -0.370 e. The predicted octanol–water partition coefficient (Wildman–Crippen LogP) is 1.72. The molecular weight excluding hydrogens is 218 g/mol. The summed E-state index contributed by atoms with van der Waals surface area (Å²) in [5, 5.41) is 4.06. The van der Waals surface area contributed by atoms with E-state index in [1.54, 1.807) is 7.11 Å². The molecule has 1 unspecified atom stereocenters. The van der Waals surface area contributed by atoms with Crippen LogP contribution in [-0.4, -0.2) is 23.8 Å². The van der Waals surface area contributed by atoms with Crippen molar-refractivity contribution in [1.29, 1.82) is 0 Å². The lowest BCUT2D eigenvalue weighted by Gasteiger charge is -2.37. The maximum atomic E-state index is 5.83. The Labute approximate surface area is 102 Å². The first-order valence-corrected chi connectivity index (χ1v) is 6.20. The Morgan fingerprint density at radius 2 is 2.24 bits per heavy atom. The average molecular weight is 239 g/mol. The van der Waals surface area contributed by atoms with Crippen molar-refractivity contribution in [2.45, 2.75) is 50.5 Å². The first-order chi connectivity index (χ1) is 8.10. The normalized spacial score (nSPS) is 21.9. The molecule has 0 saturated heterocycles. The molecule has 17 heavy (non-hydrogen) atoms. The molecule has 1 aromatic heterocycles. The standard InChI is InChI=1S/C12H21N3O2/c1-4-11(2,16-3)9-14-10(17-15-9)12(8-13)6-5-7-12/h4-8,13H2,1-3H3. The molecule has 0 aromatic carbocycles. The number of rotatable bonds is 5. The lowest BCUT2D eigenvalue weighted by molar-refractivity contribution is -0.0106. The van der Waals surface area contributed by atoms with E-state index in [1.165, 1.54) is 6.42 Å². The molecule has 0 spiro atoms. The van der Waals surface area contributed by atoms with Crippen LogP contribution in [0.15, 0.2) is 4.52 Å². The summed E-state index contributed by atoms with van der Waals surface area (Å²) in [7, 11) is 1.67. The van der Waals surface area contributed by atoms with Gasteiger partial charge in [-0.25, -0.2) is 0 Å². The molecule has 5 nitrogen and oxygen atoms in total. The number of methoxy groups -OCH3 is 1. The van der Waals surface area contributed by atoms with E-state index in [1.807, 2.05) is 13.8 Å². The highest BCUT2D eigenvalue weighted by Gasteiger charge is 2.43. The minimum atomic E-state index is -0.471. The second-order valence-electron chi connectivity index (χ2n) is 5.05. The van der Waals surface area contributed by atoms with Crippen LogP contribution < -0.4 is 5.73 Å². The SMILES string of the molecule is CCC(C)(OC)c1noc(C2(CN)CCC2)n1. The van der Waals surface area contributed by atoms with Gasteiger partial charge in [0, 0.05) is 13.7 Å². The summed E-state index contributed by atoms with van der Waals surface area (Å²) >= 11 is 0. The number of aromatic nitrogens is 2. The van der Waals surface area contributed by atoms with E-state index in [0.29, 0.717) is 18.3 Å². The number of hydrogen-bond acceptors (Lipinski definition) is 5. The molecule has 0 aliphatic heterocycles. The second-order valence-corrected chi connectivity index (χ2v) is 5.05. The molecule has 5 heteroatoms. The van der Waals surface area contributed by atoms with Gasteiger partial charge in [0.25, 0.3) is 0 Å². The summed E-state index contributed by atoms with van der Waals surface area (Å²) in [4.78, 5) is 4.51. The van der Waals surface area contributed by atoms with Gasteiger partial charge in [0.1, 0.15) is 5.60 Å². The Bertz CT molecular complexity index is 348. The highest BCUT2D eigenvalue weighted by Crippen LogP contribution is 2.42. The predicted molar refractivity (Wildman–Crippen MR) is 63.5 cm³/mol. The van der Waals surface area contributed by atoms with E-state index in [0.717, 1.165) is 19.3 Å². The Balaban J connectivity index is 2.27. The maximum absolute atomic E-state index is 5.83. The van der Waals surface area contributed by atoms with Crippen LogP contribution in [0.5, 0.6) is 0 Å². The number of nitrogens with zero attached hydrogens (tertiary/aromatic N) is 2. The zero-order chi connectivity index (χ0) is 12.5. The van der Waals surface area contributed by atoms with Crippen molar-refractivity contribution in [3.05, 3.63) is 11.7 Å². The van der Waals surface area contributed by atoms with E-state index in [-0.39, 0.29) is 5.41 Å². The molecule has 1 aromatic rings. The van der Waals surface area contributed by atoms with Gasteiger partial charge in [0.2, 0.25) is 11.7 Å². The molecule has 0 amide bonds. The number of hydrogen-bond donors (Lipinski definition) is 1. The summed E-state index contributed by atoms with van der Waals surface area (Å²) in [5.74, 6) is 1.30. The van der Waals surface area contributed by atoms with Gasteiger partial charge in [-0.05, 0) is 26.2 Å². The third-order valence-electron chi connectivity index (χ3n) is 4.18. The highest BCUT2D eigenvalue weighted by atomic mass is 16.5. The van der Waals surface area contributed by atoms with Crippen molar-refractivity contribution in [3.63, 3.8) is 0 Å². The Morgan fingerprint density at radius 1 is 1.53 bits per heavy atom. The smallest absolute Gasteiger partial charge is 0.234 e. The molecule has 1 aliphatic rings. The third kappa shape index (κ3) is 1.87. The summed E-state index contributed by atoms with van der Waals surface area (Å²) < 4.78 is 10.9. The monoisotopic (exact) mass is 239 g/mol. The number of nitrogens with two attached hydrogens (primary N) is 1. The summed E-state index contributed by atoms with van der Waals surface area (Å²) in [6, 6.07) is 0. The van der Waals surface area contributed by atoms with E-state index in [9.17, 15) is 0 Å². The topological polar surface area (TPSA) is 74.2 Å². The van der Waals surface area contributed by atoms with Gasteiger partial charge in [-0.15, -0.1) is 0 Å². The maximum Gasteiger partial charge on any atom is 0.234 e. The van der Waals surface area contributed by atoms with Crippen molar-refractivity contribution in [2.75, 3.05) is 13.7 Å². The fourth-order valence-electron chi connectivity index (χ4n) is 2.16. The van der Waals surface area contributed by atoms with Crippen LogP contribution in [0.2, 0.25) is 0 Å². The van der Waals surface area contributed by atoms with Crippen LogP contribution in [-0.2, 0) is 15.8 Å². The van der Waals surface area contributed by atoms with E-state index < -0.39 is 5.60 Å². The van der Waals surface area contributed by atoms with Gasteiger partial charge < -0.3 is 15.0 Å². The molecule has 1 aliphatic carbocycles. The van der Waals surface area contributed by atoms with Gasteiger partial charge in [-0.3, -0.25) is 0 Å². The Hall–Kier alpha value is -0.940. The molecular formula is C12H21N3O2. The van der Waals surface area contributed by atoms with Gasteiger partial charge in [0.15, 0.2) is 0 Å². The molecule has 1 atom stereocenters. The van der Waals surface area contributed by atoms with Crippen LogP contribution in [0.25, 0.3) is 0 Å². The number of ether oxygens (including phenoxy) is 1. The lowest BCUT2D eigenvalue weighted by atomic mass is 9.69. The average Bonchev–Trinajstić information content (AvgIpc) is 2.78. The van der Waals surface area contributed by atoms with Crippen LogP contribution in [0.4, 0.5) is 0 Å². The highest BCUT2D eigenvalue weighted by molar-refractivity contribution is 5.13. The summed E-state index contributed by atoms with van der Waals surface area (Å²) in [6.45, 7) is 4.59. The largest absolute Gasteiger partial charge is 0.370 e. The molecule has 1 heterocycles. The molecule has 0 bridgehead atoms. The van der Waals surface area contributed by atoms with Gasteiger partial charge >= 0.3 is 0 Å². The lowest BCUT2D eigenvalue weighted by Crippen LogP contribution is -2.42. The third-order valence-corrected chi connectivity index (χ3v) is 4.18. The first-order valence-electron chi connectivity index (χ1n) is 6.20. The fourth-order valence-corrected chi connectivity index (χ4v) is 2.16. The summed E-state index contributed by atoms with van der Waals surface area (Å²) in [6.07, 6.45) is 4.07. The van der Waals surface area contributed by atoms with Crippen LogP contribution in [0.1, 0.15) is 51.2 Å². The minimum absolute atomic E-state index is 0.0758. The molecule has 2 N–H and O–H groups in total. The van der Waals surface area contributed by atoms with Crippen molar-refractivity contribution >= 4 is 0 Å². The van der Waals surface area contributed by atoms with Crippen LogP contribution in [0, 0.1) is 0 Å².